The zero-order valence-electron chi connectivity index (χ0n) is 14.7. The van der Waals surface area contributed by atoms with Crippen LogP contribution in [0.25, 0.3) is 0 Å². The van der Waals surface area contributed by atoms with Gasteiger partial charge in [-0.05, 0) is 42.3 Å². The zero-order chi connectivity index (χ0) is 17.5. The van der Waals surface area contributed by atoms with E-state index in [2.05, 4.69) is 65.0 Å². The summed E-state index contributed by atoms with van der Waals surface area (Å²) in [4.78, 5) is 11.0. The normalized spacial score (nSPS) is 11.8. The molecule has 2 aromatic rings. The molecule has 0 unspecified atom stereocenters. The van der Waals surface area contributed by atoms with E-state index in [-0.39, 0.29) is 0 Å². The third-order valence-corrected chi connectivity index (χ3v) is 3.98. The fraction of sp³-hybridized carbons (Fsp3) is 0.562. The summed E-state index contributed by atoms with van der Waals surface area (Å²) in [5.41, 5.74) is 1.22. The Morgan fingerprint density at radius 1 is 1.50 bits per heavy atom. The molecule has 1 N–H and O–H groups in total. The van der Waals surface area contributed by atoms with Crippen molar-refractivity contribution in [1.82, 2.24) is 24.9 Å². The summed E-state index contributed by atoms with van der Waals surface area (Å²) in [6.07, 6.45) is 3.68. The molecule has 2 rings (SSSR count). The van der Waals surface area contributed by atoms with Crippen molar-refractivity contribution in [3.05, 3.63) is 34.1 Å². The molecule has 0 saturated carbocycles. The predicted molar refractivity (Wildman–Crippen MR) is 97.9 cm³/mol. The molecular weight excluding hydrogens is 372 g/mol. The molecule has 132 valence electrons. The minimum absolute atomic E-state index is 0.676. The van der Waals surface area contributed by atoms with Gasteiger partial charge < -0.3 is 19.3 Å². The number of hydrogen-bond donors (Lipinski definition) is 1. The molecule has 24 heavy (non-hydrogen) atoms. The van der Waals surface area contributed by atoms with Gasteiger partial charge in [-0.1, -0.05) is 5.16 Å². The summed E-state index contributed by atoms with van der Waals surface area (Å²) < 4.78 is 8.32. The number of aliphatic imine (C=N–C) groups is 1. The van der Waals surface area contributed by atoms with Crippen LogP contribution in [0.5, 0.6) is 0 Å². The van der Waals surface area contributed by atoms with Crippen LogP contribution in [0, 0.1) is 6.92 Å². The van der Waals surface area contributed by atoms with Gasteiger partial charge in [0.2, 0.25) is 5.89 Å². The van der Waals surface area contributed by atoms with E-state index in [0.717, 1.165) is 36.4 Å². The highest BCUT2D eigenvalue weighted by Gasteiger charge is 2.09. The van der Waals surface area contributed by atoms with Crippen molar-refractivity contribution in [3.8, 4) is 0 Å². The minimum Gasteiger partial charge on any atom is -0.357 e. The first-order valence-corrected chi connectivity index (χ1v) is 8.88. The van der Waals surface area contributed by atoms with E-state index in [1.165, 1.54) is 5.69 Å². The molecule has 0 bridgehead atoms. The van der Waals surface area contributed by atoms with Gasteiger partial charge in [0.05, 0.1) is 6.54 Å². The second kappa shape index (κ2) is 8.86. The molecule has 0 aromatic carbocycles. The van der Waals surface area contributed by atoms with Crippen molar-refractivity contribution in [2.45, 2.75) is 33.2 Å². The molecular formula is C16H25BrN6O. The minimum atomic E-state index is 0.676. The number of halogens is 1. The molecule has 2 heterocycles. The van der Waals surface area contributed by atoms with Crippen molar-refractivity contribution in [2.75, 3.05) is 20.1 Å². The van der Waals surface area contributed by atoms with Crippen LogP contribution in [0.3, 0.4) is 0 Å². The third-order valence-electron chi connectivity index (χ3n) is 3.55. The van der Waals surface area contributed by atoms with Gasteiger partial charge in [0.25, 0.3) is 0 Å². The van der Waals surface area contributed by atoms with E-state index in [1.807, 2.05) is 21.0 Å². The maximum atomic E-state index is 5.12. The average Bonchev–Trinajstić information content (AvgIpc) is 3.07. The van der Waals surface area contributed by atoms with Crippen molar-refractivity contribution < 1.29 is 4.52 Å². The highest BCUT2D eigenvalue weighted by atomic mass is 79.9. The lowest BCUT2D eigenvalue weighted by molar-refractivity contribution is 0.372. The van der Waals surface area contributed by atoms with Crippen molar-refractivity contribution in [2.24, 2.45) is 12.0 Å². The summed E-state index contributed by atoms with van der Waals surface area (Å²) in [5.74, 6) is 2.25. The van der Waals surface area contributed by atoms with Crippen molar-refractivity contribution in [3.63, 3.8) is 0 Å². The van der Waals surface area contributed by atoms with Gasteiger partial charge in [-0.2, -0.15) is 4.98 Å². The second-order valence-electron chi connectivity index (χ2n) is 5.69. The van der Waals surface area contributed by atoms with Crippen LogP contribution in [0.4, 0.5) is 0 Å². The Balaban J connectivity index is 1.90. The standard InChI is InChI=1S/C16H25BrN6O/c1-5-18-16(19-8-6-7-15-20-12(2)21-24-15)23(4)11-14-9-13(17)10-22(14)3/h9-10H,5-8,11H2,1-4H3,(H,18,19). The first kappa shape index (κ1) is 18.5. The molecule has 0 amide bonds. The van der Waals surface area contributed by atoms with Crippen LogP contribution in [-0.4, -0.2) is 45.7 Å². The summed E-state index contributed by atoms with van der Waals surface area (Å²) in [5, 5.41) is 7.13. The molecule has 7 nitrogen and oxygen atoms in total. The van der Waals surface area contributed by atoms with Crippen LogP contribution in [0.1, 0.15) is 30.8 Å². The molecule has 0 saturated heterocycles. The number of nitrogens with one attached hydrogen (secondary N) is 1. The third kappa shape index (κ3) is 5.36. The molecule has 2 aromatic heterocycles. The number of rotatable bonds is 7. The summed E-state index contributed by atoms with van der Waals surface area (Å²) in [6, 6.07) is 2.12. The lowest BCUT2D eigenvalue weighted by Crippen LogP contribution is -2.38. The molecule has 0 radical (unpaired) electrons. The van der Waals surface area contributed by atoms with Crippen LogP contribution in [0.2, 0.25) is 0 Å². The molecule has 0 aliphatic carbocycles. The van der Waals surface area contributed by atoms with E-state index >= 15 is 0 Å². The quantitative estimate of drug-likeness (QED) is 0.442. The van der Waals surface area contributed by atoms with Gasteiger partial charge in [0.15, 0.2) is 11.8 Å². The van der Waals surface area contributed by atoms with Crippen molar-refractivity contribution in [1.29, 1.82) is 0 Å². The maximum absolute atomic E-state index is 5.12. The lowest BCUT2D eigenvalue weighted by Gasteiger charge is -2.22. The molecule has 0 atom stereocenters. The van der Waals surface area contributed by atoms with E-state index in [1.54, 1.807) is 0 Å². The van der Waals surface area contributed by atoms with Crippen molar-refractivity contribution >= 4 is 21.9 Å². The topological polar surface area (TPSA) is 71.5 Å². The Bertz CT molecular complexity index is 678. The smallest absolute Gasteiger partial charge is 0.226 e. The molecule has 0 fully saturated rings. The van der Waals surface area contributed by atoms with E-state index in [9.17, 15) is 0 Å². The number of nitrogens with zero attached hydrogens (tertiary/aromatic N) is 5. The summed E-state index contributed by atoms with van der Waals surface area (Å²) >= 11 is 3.51. The highest BCUT2D eigenvalue weighted by molar-refractivity contribution is 9.10. The fourth-order valence-corrected chi connectivity index (χ4v) is 2.94. The lowest BCUT2D eigenvalue weighted by atomic mass is 10.3. The highest BCUT2D eigenvalue weighted by Crippen LogP contribution is 2.15. The summed E-state index contributed by atoms with van der Waals surface area (Å²) in [7, 11) is 4.09. The predicted octanol–water partition coefficient (Wildman–Crippen LogP) is 2.51. The number of guanidine groups is 1. The molecule has 0 aliphatic rings. The van der Waals surface area contributed by atoms with Gasteiger partial charge >= 0.3 is 0 Å². The molecule has 8 heteroatoms. The van der Waals surface area contributed by atoms with Crippen LogP contribution >= 0.6 is 15.9 Å². The Labute approximate surface area is 151 Å². The Morgan fingerprint density at radius 3 is 2.88 bits per heavy atom. The Kier molecular flexibility index (Phi) is 6.84. The number of aryl methyl sites for hydroxylation is 3. The largest absolute Gasteiger partial charge is 0.357 e. The SMILES string of the molecule is CCNC(=NCCCc1nc(C)no1)N(C)Cc1cc(Br)cn1C. The van der Waals surface area contributed by atoms with Gasteiger partial charge in [-0.3, -0.25) is 4.99 Å². The van der Waals surface area contributed by atoms with Gasteiger partial charge in [0.1, 0.15) is 0 Å². The maximum Gasteiger partial charge on any atom is 0.226 e. The van der Waals surface area contributed by atoms with Crippen LogP contribution in [-0.2, 0) is 20.0 Å². The molecule has 0 spiro atoms. The second-order valence-corrected chi connectivity index (χ2v) is 6.61. The Hall–Kier alpha value is -1.83. The van der Waals surface area contributed by atoms with E-state index in [0.29, 0.717) is 18.3 Å². The Morgan fingerprint density at radius 2 is 2.29 bits per heavy atom. The summed E-state index contributed by atoms with van der Waals surface area (Å²) in [6.45, 7) is 6.24. The van der Waals surface area contributed by atoms with E-state index in [4.69, 9.17) is 4.52 Å². The van der Waals surface area contributed by atoms with Crippen LogP contribution < -0.4 is 5.32 Å². The molecule has 0 aliphatic heterocycles. The average molecular weight is 397 g/mol. The van der Waals surface area contributed by atoms with Gasteiger partial charge in [-0.25, -0.2) is 0 Å². The van der Waals surface area contributed by atoms with Gasteiger partial charge in [0, 0.05) is 50.0 Å². The first-order chi connectivity index (χ1) is 11.5. The van der Waals surface area contributed by atoms with E-state index < -0.39 is 0 Å². The monoisotopic (exact) mass is 396 g/mol. The zero-order valence-corrected chi connectivity index (χ0v) is 16.3. The fourth-order valence-electron chi connectivity index (χ4n) is 2.37. The van der Waals surface area contributed by atoms with Gasteiger partial charge in [-0.15, -0.1) is 0 Å². The number of hydrogen-bond acceptors (Lipinski definition) is 4. The first-order valence-electron chi connectivity index (χ1n) is 8.09. The number of aromatic nitrogens is 3. The van der Waals surface area contributed by atoms with Crippen LogP contribution in [0.15, 0.2) is 26.3 Å².